The van der Waals surface area contributed by atoms with Gasteiger partial charge in [-0.2, -0.15) is 0 Å². The van der Waals surface area contributed by atoms with Crippen molar-refractivity contribution in [2.75, 3.05) is 29.9 Å². The summed E-state index contributed by atoms with van der Waals surface area (Å²) in [5.41, 5.74) is 1.63. The molecule has 138 valence electrons. The predicted molar refractivity (Wildman–Crippen MR) is 108 cm³/mol. The zero-order chi connectivity index (χ0) is 18.5. The van der Waals surface area contributed by atoms with Gasteiger partial charge in [0.25, 0.3) is 5.91 Å². The normalized spacial score (nSPS) is 14.2. The van der Waals surface area contributed by atoms with Crippen LogP contribution in [0.25, 0.3) is 0 Å². The summed E-state index contributed by atoms with van der Waals surface area (Å²) >= 11 is 7.80. The number of hydrogen-bond donors (Lipinski definition) is 2. The number of piperidine rings is 1. The van der Waals surface area contributed by atoms with Crippen LogP contribution in [0, 0.1) is 6.92 Å². The maximum Gasteiger partial charge on any atom is 0.261 e. The molecule has 1 saturated heterocycles. The Hall–Kier alpha value is -2.05. The van der Waals surface area contributed by atoms with Gasteiger partial charge in [-0.3, -0.25) is 9.59 Å². The molecule has 7 heteroatoms. The van der Waals surface area contributed by atoms with Crippen molar-refractivity contribution in [2.45, 2.75) is 26.2 Å². The Bertz CT molecular complexity index is 800. The topological polar surface area (TPSA) is 61.4 Å². The molecule has 2 heterocycles. The van der Waals surface area contributed by atoms with E-state index in [2.05, 4.69) is 15.5 Å². The molecule has 0 bridgehead atoms. The molecule has 5 nitrogen and oxygen atoms in total. The summed E-state index contributed by atoms with van der Waals surface area (Å²) in [5.74, 6) is -0.523. The number of nitrogens with one attached hydrogen (secondary N) is 2. The minimum atomic E-state index is -0.284. The van der Waals surface area contributed by atoms with Crippen molar-refractivity contribution in [1.82, 2.24) is 5.32 Å². The summed E-state index contributed by atoms with van der Waals surface area (Å²) in [6.45, 7) is 3.88. The van der Waals surface area contributed by atoms with Crippen molar-refractivity contribution < 1.29 is 9.59 Å². The Kier molecular flexibility index (Phi) is 6.16. The second-order valence-electron chi connectivity index (χ2n) is 6.36. The lowest BCUT2D eigenvalue weighted by Crippen LogP contribution is -2.32. The number of carbonyl (C=O) groups is 2. The van der Waals surface area contributed by atoms with Gasteiger partial charge in [0.2, 0.25) is 5.91 Å². The molecule has 1 fully saturated rings. The van der Waals surface area contributed by atoms with E-state index in [0.29, 0.717) is 15.6 Å². The van der Waals surface area contributed by atoms with Gasteiger partial charge in [0.05, 0.1) is 22.1 Å². The second-order valence-corrected chi connectivity index (χ2v) is 8.05. The van der Waals surface area contributed by atoms with Crippen LogP contribution < -0.4 is 15.5 Å². The molecule has 1 aromatic carbocycles. The highest BCUT2D eigenvalue weighted by molar-refractivity contribution is 7.13. The number of nitrogens with zero attached hydrogens (tertiary/aromatic N) is 1. The first kappa shape index (κ1) is 18.7. The van der Waals surface area contributed by atoms with E-state index < -0.39 is 0 Å². The first-order valence-corrected chi connectivity index (χ1v) is 9.91. The number of thiophene rings is 1. The average Bonchev–Trinajstić information content (AvgIpc) is 3.07. The zero-order valence-corrected chi connectivity index (χ0v) is 16.3. The van der Waals surface area contributed by atoms with Gasteiger partial charge in [0, 0.05) is 23.7 Å². The van der Waals surface area contributed by atoms with E-state index in [9.17, 15) is 9.59 Å². The van der Waals surface area contributed by atoms with Gasteiger partial charge in [-0.15, -0.1) is 11.3 Å². The van der Waals surface area contributed by atoms with Gasteiger partial charge in [-0.25, -0.2) is 0 Å². The van der Waals surface area contributed by atoms with Crippen LogP contribution >= 0.6 is 22.9 Å². The van der Waals surface area contributed by atoms with E-state index in [4.69, 9.17) is 11.6 Å². The number of benzene rings is 1. The summed E-state index contributed by atoms with van der Waals surface area (Å²) < 4.78 is 0. The van der Waals surface area contributed by atoms with Crippen LogP contribution in [0.3, 0.4) is 0 Å². The maximum absolute atomic E-state index is 12.1. The van der Waals surface area contributed by atoms with Crippen LogP contribution in [0.15, 0.2) is 30.3 Å². The van der Waals surface area contributed by atoms with Crippen LogP contribution in [-0.4, -0.2) is 31.4 Å². The SMILES string of the molecule is Cc1ccc(C(=O)NCC(=O)Nc2ccc(N3CCCCC3)c(Cl)c2)s1. The monoisotopic (exact) mass is 391 g/mol. The molecule has 0 aliphatic carbocycles. The van der Waals surface area contributed by atoms with Crippen LogP contribution in [0.4, 0.5) is 11.4 Å². The predicted octanol–water partition coefficient (Wildman–Crippen LogP) is 4.07. The Balaban J connectivity index is 1.54. The first-order chi connectivity index (χ1) is 12.5. The number of anilines is 2. The van der Waals surface area contributed by atoms with Crippen LogP contribution in [-0.2, 0) is 4.79 Å². The van der Waals surface area contributed by atoms with E-state index >= 15 is 0 Å². The van der Waals surface area contributed by atoms with Crippen molar-refractivity contribution in [2.24, 2.45) is 0 Å². The number of halogens is 1. The summed E-state index contributed by atoms with van der Waals surface area (Å²) in [5, 5.41) is 6.03. The van der Waals surface area contributed by atoms with Crippen LogP contribution in [0.1, 0.15) is 33.8 Å². The molecule has 26 heavy (non-hydrogen) atoms. The molecule has 0 radical (unpaired) electrons. The lowest BCUT2D eigenvalue weighted by Gasteiger charge is -2.29. The summed E-state index contributed by atoms with van der Waals surface area (Å²) in [4.78, 5) is 28.0. The molecule has 1 aromatic heterocycles. The average molecular weight is 392 g/mol. The van der Waals surface area contributed by atoms with E-state index in [-0.39, 0.29) is 18.4 Å². The van der Waals surface area contributed by atoms with Gasteiger partial charge in [-0.1, -0.05) is 11.6 Å². The van der Waals surface area contributed by atoms with Gasteiger partial charge >= 0.3 is 0 Å². The number of rotatable bonds is 5. The molecule has 2 aromatic rings. The Morgan fingerprint density at radius 1 is 1.15 bits per heavy atom. The van der Waals surface area contributed by atoms with Crippen LogP contribution in [0.5, 0.6) is 0 Å². The molecule has 2 amide bonds. The fourth-order valence-corrected chi connectivity index (χ4v) is 4.07. The number of aryl methyl sites for hydroxylation is 1. The maximum atomic E-state index is 12.1. The van der Waals surface area contributed by atoms with Crippen molar-refractivity contribution >= 4 is 46.1 Å². The van der Waals surface area contributed by atoms with Crippen molar-refractivity contribution in [3.05, 3.63) is 45.1 Å². The molecule has 1 aliphatic rings. The molecule has 0 unspecified atom stereocenters. The molecule has 2 N–H and O–H groups in total. The third-order valence-corrected chi connectivity index (χ3v) is 5.60. The molecule has 0 saturated carbocycles. The fourth-order valence-electron chi connectivity index (χ4n) is 2.99. The molecule has 1 aliphatic heterocycles. The van der Waals surface area contributed by atoms with Gasteiger partial charge in [0.15, 0.2) is 0 Å². The van der Waals surface area contributed by atoms with Crippen LogP contribution in [0.2, 0.25) is 5.02 Å². The zero-order valence-electron chi connectivity index (χ0n) is 14.7. The van der Waals surface area contributed by atoms with E-state index in [1.165, 1.54) is 30.6 Å². The highest BCUT2D eigenvalue weighted by Gasteiger charge is 2.15. The lowest BCUT2D eigenvalue weighted by atomic mass is 10.1. The molecular formula is C19H22ClN3O2S. The van der Waals surface area contributed by atoms with E-state index in [0.717, 1.165) is 23.7 Å². The van der Waals surface area contributed by atoms with Gasteiger partial charge < -0.3 is 15.5 Å². The summed E-state index contributed by atoms with van der Waals surface area (Å²) in [7, 11) is 0. The van der Waals surface area contributed by atoms with Crippen molar-refractivity contribution in [3.63, 3.8) is 0 Å². The number of carbonyl (C=O) groups excluding carboxylic acids is 2. The molecule has 0 spiro atoms. The Labute approximate surface area is 162 Å². The fraction of sp³-hybridized carbons (Fsp3) is 0.368. The molecule has 0 atom stereocenters. The molecular weight excluding hydrogens is 370 g/mol. The van der Waals surface area contributed by atoms with Gasteiger partial charge in [0.1, 0.15) is 0 Å². The standard InChI is InChI=1S/C19H22ClN3O2S/c1-13-5-8-17(26-13)19(25)21-12-18(24)22-14-6-7-16(15(20)11-14)23-9-3-2-4-10-23/h5-8,11H,2-4,9-10,12H2,1H3,(H,21,25)(H,22,24). The quantitative estimate of drug-likeness (QED) is 0.807. The van der Waals surface area contributed by atoms with E-state index in [1.807, 2.05) is 25.1 Å². The second kappa shape index (κ2) is 8.56. The Morgan fingerprint density at radius 2 is 1.92 bits per heavy atom. The first-order valence-electron chi connectivity index (χ1n) is 8.72. The molecule has 3 rings (SSSR count). The highest BCUT2D eigenvalue weighted by atomic mass is 35.5. The highest BCUT2D eigenvalue weighted by Crippen LogP contribution is 2.30. The van der Waals surface area contributed by atoms with Crippen molar-refractivity contribution in [1.29, 1.82) is 0 Å². The summed E-state index contributed by atoms with van der Waals surface area (Å²) in [6.07, 6.45) is 3.62. The van der Waals surface area contributed by atoms with Crippen molar-refractivity contribution in [3.8, 4) is 0 Å². The van der Waals surface area contributed by atoms with E-state index in [1.54, 1.807) is 12.1 Å². The Morgan fingerprint density at radius 3 is 2.58 bits per heavy atom. The number of amides is 2. The van der Waals surface area contributed by atoms with Gasteiger partial charge in [-0.05, 0) is 56.5 Å². The number of hydrogen-bond acceptors (Lipinski definition) is 4. The lowest BCUT2D eigenvalue weighted by molar-refractivity contribution is -0.115. The largest absolute Gasteiger partial charge is 0.370 e. The summed E-state index contributed by atoms with van der Waals surface area (Å²) in [6, 6.07) is 9.18. The minimum absolute atomic E-state index is 0.0821. The smallest absolute Gasteiger partial charge is 0.261 e. The minimum Gasteiger partial charge on any atom is -0.370 e. The third kappa shape index (κ3) is 4.77. The third-order valence-electron chi connectivity index (χ3n) is 4.30.